The van der Waals surface area contributed by atoms with Crippen molar-refractivity contribution in [2.45, 2.75) is 0 Å². The van der Waals surface area contributed by atoms with Crippen molar-refractivity contribution in [1.29, 1.82) is 0 Å². The first-order valence-corrected chi connectivity index (χ1v) is 6.75. The summed E-state index contributed by atoms with van der Waals surface area (Å²) in [5.74, 6) is -1.49. The monoisotopic (exact) mass is 275 g/mol. The van der Waals surface area contributed by atoms with Gasteiger partial charge in [0.1, 0.15) is 5.82 Å². The molecule has 0 radical (unpaired) electrons. The van der Waals surface area contributed by atoms with E-state index < -0.39 is 21.7 Å². The molecule has 1 aromatic carbocycles. The predicted octanol–water partition coefficient (Wildman–Crippen LogP) is -0.313. The van der Waals surface area contributed by atoms with Gasteiger partial charge >= 0.3 is 0 Å². The number of halogens is 1. The summed E-state index contributed by atoms with van der Waals surface area (Å²) in [7, 11) is -2.09. The SMILES string of the molecule is CNS(=O)(=O)CCNC(=O)c1ccc(N)c(F)c1. The molecule has 0 aliphatic heterocycles. The summed E-state index contributed by atoms with van der Waals surface area (Å²) < 4.78 is 37.4. The van der Waals surface area contributed by atoms with Crippen LogP contribution in [0.2, 0.25) is 0 Å². The van der Waals surface area contributed by atoms with Crippen molar-refractivity contribution in [1.82, 2.24) is 10.0 Å². The minimum Gasteiger partial charge on any atom is -0.396 e. The summed E-state index contributed by atoms with van der Waals surface area (Å²) in [6.45, 7) is -0.0615. The van der Waals surface area contributed by atoms with Crippen LogP contribution >= 0.6 is 0 Å². The molecule has 0 saturated heterocycles. The second kappa shape index (κ2) is 5.78. The van der Waals surface area contributed by atoms with E-state index in [2.05, 4.69) is 10.0 Å². The third kappa shape index (κ3) is 3.97. The van der Waals surface area contributed by atoms with Crippen LogP contribution in [0.25, 0.3) is 0 Å². The number of amides is 1. The Bertz CT molecular complexity index is 545. The Morgan fingerprint density at radius 2 is 2.11 bits per heavy atom. The topological polar surface area (TPSA) is 101 Å². The summed E-state index contributed by atoms with van der Waals surface area (Å²) in [6.07, 6.45) is 0. The van der Waals surface area contributed by atoms with Crippen molar-refractivity contribution in [3.63, 3.8) is 0 Å². The molecule has 0 bridgehead atoms. The number of benzene rings is 1. The maximum absolute atomic E-state index is 13.1. The molecule has 0 aliphatic carbocycles. The van der Waals surface area contributed by atoms with E-state index in [4.69, 9.17) is 5.73 Å². The number of hydrogen-bond donors (Lipinski definition) is 3. The first kappa shape index (κ1) is 14.4. The van der Waals surface area contributed by atoms with Crippen LogP contribution in [0, 0.1) is 5.82 Å². The molecule has 1 rings (SSSR count). The maximum atomic E-state index is 13.1. The van der Waals surface area contributed by atoms with Gasteiger partial charge in [0, 0.05) is 12.1 Å². The Labute approximate surface area is 104 Å². The molecule has 0 fully saturated rings. The van der Waals surface area contributed by atoms with Gasteiger partial charge < -0.3 is 11.1 Å². The number of anilines is 1. The summed E-state index contributed by atoms with van der Waals surface area (Å²) >= 11 is 0. The van der Waals surface area contributed by atoms with Crippen LogP contribution in [0.1, 0.15) is 10.4 Å². The van der Waals surface area contributed by atoms with Crippen molar-refractivity contribution in [2.24, 2.45) is 0 Å². The molecule has 0 atom stereocenters. The number of hydrogen-bond acceptors (Lipinski definition) is 4. The lowest BCUT2D eigenvalue weighted by Crippen LogP contribution is -2.33. The van der Waals surface area contributed by atoms with Crippen molar-refractivity contribution >= 4 is 21.6 Å². The van der Waals surface area contributed by atoms with Crippen molar-refractivity contribution in [3.8, 4) is 0 Å². The molecule has 0 saturated carbocycles. The predicted molar refractivity (Wildman–Crippen MR) is 66.0 cm³/mol. The van der Waals surface area contributed by atoms with Gasteiger partial charge in [-0.2, -0.15) is 0 Å². The first-order valence-electron chi connectivity index (χ1n) is 5.10. The van der Waals surface area contributed by atoms with Crippen LogP contribution in [0.15, 0.2) is 18.2 Å². The summed E-state index contributed by atoms with van der Waals surface area (Å²) in [6, 6.07) is 3.63. The minimum atomic E-state index is -3.37. The van der Waals surface area contributed by atoms with Gasteiger partial charge in [0.2, 0.25) is 10.0 Å². The molecule has 6 nitrogen and oxygen atoms in total. The van der Waals surface area contributed by atoms with Gasteiger partial charge in [0.05, 0.1) is 11.4 Å². The molecular weight excluding hydrogens is 261 g/mol. The van der Waals surface area contributed by atoms with Crippen molar-refractivity contribution < 1.29 is 17.6 Å². The smallest absolute Gasteiger partial charge is 0.251 e. The van der Waals surface area contributed by atoms with E-state index in [0.717, 1.165) is 6.07 Å². The van der Waals surface area contributed by atoms with Gasteiger partial charge in [-0.25, -0.2) is 17.5 Å². The highest BCUT2D eigenvalue weighted by molar-refractivity contribution is 7.89. The quantitative estimate of drug-likeness (QED) is 0.641. The number of carbonyl (C=O) groups excluding carboxylic acids is 1. The first-order chi connectivity index (χ1) is 8.35. The molecule has 1 aromatic rings. The fourth-order valence-corrected chi connectivity index (χ4v) is 1.75. The fraction of sp³-hybridized carbons (Fsp3) is 0.300. The molecule has 100 valence electrons. The normalized spacial score (nSPS) is 11.2. The Morgan fingerprint density at radius 1 is 1.44 bits per heavy atom. The lowest BCUT2D eigenvalue weighted by atomic mass is 10.2. The Balaban J connectivity index is 2.58. The summed E-state index contributed by atoms with van der Waals surface area (Å²) in [5.41, 5.74) is 5.30. The highest BCUT2D eigenvalue weighted by Crippen LogP contribution is 2.11. The number of nitrogen functional groups attached to an aromatic ring is 1. The number of carbonyl (C=O) groups is 1. The van der Waals surface area contributed by atoms with E-state index in [9.17, 15) is 17.6 Å². The van der Waals surface area contributed by atoms with Gasteiger partial charge in [-0.05, 0) is 25.2 Å². The van der Waals surface area contributed by atoms with E-state index in [0.29, 0.717) is 0 Å². The standard InChI is InChI=1S/C10H14FN3O3S/c1-13-18(16,17)5-4-14-10(15)7-2-3-9(12)8(11)6-7/h2-3,6,13H,4-5,12H2,1H3,(H,14,15). The number of sulfonamides is 1. The molecule has 4 N–H and O–H groups in total. The van der Waals surface area contributed by atoms with E-state index in [1.54, 1.807) is 0 Å². The van der Waals surface area contributed by atoms with Gasteiger partial charge in [-0.15, -0.1) is 0 Å². The molecule has 0 unspecified atom stereocenters. The lowest BCUT2D eigenvalue weighted by molar-refractivity contribution is 0.0955. The van der Waals surface area contributed by atoms with Gasteiger partial charge in [0.25, 0.3) is 5.91 Å². The summed E-state index contributed by atoms with van der Waals surface area (Å²) in [5, 5.41) is 2.37. The van der Waals surface area contributed by atoms with Crippen LogP contribution < -0.4 is 15.8 Å². The average Bonchev–Trinajstić information content (AvgIpc) is 2.32. The molecule has 1 amide bonds. The van der Waals surface area contributed by atoms with E-state index in [1.807, 2.05) is 0 Å². The van der Waals surface area contributed by atoms with Crippen LogP contribution in [0.4, 0.5) is 10.1 Å². The Hall–Kier alpha value is -1.67. The Kier molecular flexibility index (Phi) is 4.62. The van der Waals surface area contributed by atoms with Crippen LogP contribution in [-0.2, 0) is 10.0 Å². The van der Waals surface area contributed by atoms with Crippen LogP contribution in [-0.4, -0.2) is 33.7 Å². The third-order valence-electron chi connectivity index (χ3n) is 2.23. The lowest BCUT2D eigenvalue weighted by Gasteiger charge is -2.06. The van der Waals surface area contributed by atoms with E-state index in [-0.39, 0.29) is 23.5 Å². The maximum Gasteiger partial charge on any atom is 0.251 e. The number of rotatable bonds is 5. The van der Waals surface area contributed by atoms with Crippen LogP contribution in [0.3, 0.4) is 0 Å². The zero-order valence-electron chi connectivity index (χ0n) is 9.73. The second-order valence-corrected chi connectivity index (χ2v) is 5.56. The van der Waals surface area contributed by atoms with Crippen molar-refractivity contribution in [3.05, 3.63) is 29.6 Å². The Morgan fingerprint density at radius 3 is 2.67 bits per heavy atom. The molecule has 0 aromatic heterocycles. The van der Waals surface area contributed by atoms with Gasteiger partial charge in [-0.3, -0.25) is 4.79 Å². The zero-order chi connectivity index (χ0) is 13.8. The fourth-order valence-electron chi connectivity index (χ4n) is 1.17. The van der Waals surface area contributed by atoms with Gasteiger partial charge in [0.15, 0.2) is 0 Å². The largest absolute Gasteiger partial charge is 0.396 e. The highest BCUT2D eigenvalue weighted by Gasteiger charge is 2.10. The zero-order valence-corrected chi connectivity index (χ0v) is 10.6. The molecular formula is C10H14FN3O3S. The molecule has 0 heterocycles. The minimum absolute atomic E-state index is 0.0516. The van der Waals surface area contributed by atoms with Crippen molar-refractivity contribution in [2.75, 3.05) is 25.1 Å². The third-order valence-corrected chi connectivity index (χ3v) is 3.59. The molecule has 0 spiro atoms. The average molecular weight is 275 g/mol. The second-order valence-electron chi connectivity index (χ2n) is 3.52. The highest BCUT2D eigenvalue weighted by atomic mass is 32.2. The van der Waals surface area contributed by atoms with E-state index in [1.165, 1.54) is 19.2 Å². The van der Waals surface area contributed by atoms with Crippen LogP contribution in [0.5, 0.6) is 0 Å². The molecule has 0 aliphatic rings. The summed E-state index contributed by atoms with van der Waals surface area (Å²) in [4.78, 5) is 11.5. The van der Waals surface area contributed by atoms with Gasteiger partial charge in [-0.1, -0.05) is 0 Å². The van der Waals surface area contributed by atoms with E-state index >= 15 is 0 Å². The number of nitrogens with one attached hydrogen (secondary N) is 2. The molecule has 18 heavy (non-hydrogen) atoms. The molecule has 8 heteroatoms. The number of nitrogens with two attached hydrogens (primary N) is 1.